The van der Waals surface area contributed by atoms with Crippen molar-refractivity contribution in [1.29, 1.82) is 0 Å². The summed E-state index contributed by atoms with van der Waals surface area (Å²) in [6.45, 7) is 0.573. The first kappa shape index (κ1) is 14.9. The maximum Gasteiger partial charge on any atom is 0.155 e. The van der Waals surface area contributed by atoms with Crippen LogP contribution in [0.4, 0.5) is 17.3 Å². The van der Waals surface area contributed by atoms with Gasteiger partial charge in [-0.1, -0.05) is 42.6 Å². The standard InChI is InChI=1S/C16H20ClN5/c17-13-8-4-1-5-11(13)9-19-15-14(18)16(21-10-20-15)22-12-6-2-3-7-12/h1,4-5,8,10,12H,2-3,6-7,9,18H2,(H2,19,20,21,22). The van der Waals surface area contributed by atoms with Crippen molar-refractivity contribution in [3.63, 3.8) is 0 Å². The normalized spacial score (nSPS) is 15.0. The Kier molecular flexibility index (Phi) is 4.63. The summed E-state index contributed by atoms with van der Waals surface area (Å²) in [5.74, 6) is 1.35. The lowest BCUT2D eigenvalue weighted by atomic mass is 10.2. The van der Waals surface area contributed by atoms with Crippen LogP contribution in [0.2, 0.25) is 5.02 Å². The topological polar surface area (TPSA) is 75.9 Å². The van der Waals surface area contributed by atoms with Crippen LogP contribution in [0.5, 0.6) is 0 Å². The molecule has 0 saturated heterocycles. The van der Waals surface area contributed by atoms with Crippen molar-refractivity contribution in [1.82, 2.24) is 9.97 Å². The molecule has 0 amide bonds. The van der Waals surface area contributed by atoms with Crippen LogP contribution in [-0.2, 0) is 6.54 Å². The molecule has 1 aliphatic rings. The Morgan fingerprint density at radius 3 is 2.64 bits per heavy atom. The van der Waals surface area contributed by atoms with E-state index in [1.54, 1.807) is 0 Å². The highest BCUT2D eigenvalue weighted by Gasteiger charge is 2.17. The summed E-state index contributed by atoms with van der Waals surface area (Å²) in [5, 5.41) is 7.38. The van der Waals surface area contributed by atoms with E-state index in [0.717, 1.165) is 10.6 Å². The molecule has 3 rings (SSSR count). The summed E-state index contributed by atoms with van der Waals surface area (Å²) in [6, 6.07) is 8.18. The number of hydrogen-bond acceptors (Lipinski definition) is 5. The summed E-state index contributed by atoms with van der Waals surface area (Å²) < 4.78 is 0. The van der Waals surface area contributed by atoms with Gasteiger partial charge in [0, 0.05) is 17.6 Å². The smallest absolute Gasteiger partial charge is 0.155 e. The lowest BCUT2D eigenvalue weighted by Gasteiger charge is -2.16. The van der Waals surface area contributed by atoms with Gasteiger partial charge in [0.2, 0.25) is 0 Å². The monoisotopic (exact) mass is 317 g/mol. The summed E-state index contributed by atoms with van der Waals surface area (Å²) in [7, 11) is 0. The third-order valence-electron chi connectivity index (χ3n) is 3.98. The van der Waals surface area contributed by atoms with E-state index in [2.05, 4.69) is 20.6 Å². The van der Waals surface area contributed by atoms with E-state index in [-0.39, 0.29) is 0 Å². The summed E-state index contributed by atoms with van der Waals surface area (Å²) >= 11 is 6.16. The molecule has 116 valence electrons. The predicted molar refractivity (Wildman–Crippen MR) is 91.1 cm³/mol. The van der Waals surface area contributed by atoms with Gasteiger partial charge in [-0.25, -0.2) is 9.97 Å². The van der Waals surface area contributed by atoms with E-state index in [1.165, 1.54) is 32.0 Å². The molecular formula is C16H20ClN5. The van der Waals surface area contributed by atoms with Crippen molar-refractivity contribution in [2.45, 2.75) is 38.3 Å². The highest BCUT2D eigenvalue weighted by molar-refractivity contribution is 6.31. The van der Waals surface area contributed by atoms with Crippen LogP contribution in [0, 0.1) is 0 Å². The van der Waals surface area contributed by atoms with Gasteiger partial charge in [-0.15, -0.1) is 0 Å². The number of rotatable bonds is 5. The minimum atomic E-state index is 0.466. The number of nitrogen functional groups attached to an aromatic ring is 1. The summed E-state index contributed by atoms with van der Waals surface area (Å²) in [6.07, 6.45) is 6.40. The van der Waals surface area contributed by atoms with Crippen molar-refractivity contribution < 1.29 is 0 Å². The van der Waals surface area contributed by atoms with Gasteiger partial charge in [-0.05, 0) is 24.5 Å². The molecule has 4 N–H and O–H groups in total. The molecule has 5 nitrogen and oxygen atoms in total. The molecule has 1 heterocycles. The Bertz CT molecular complexity index is 640. The Balaban J connectivity index is 1.70. The quantitative estimate of drug-likeness (QED) is 0.784. The van der Waals surface area contributed by atoms with Crippen molar-refractivity contribution in [3.05, 3.63) is 41.2 Å². The zero-order valence-corrected chi connectivity index (χ0v) is 13.1. The third-order valence-corrected chi connectivity index (χ3v) is 4.35. The minimum absolute atomic E-state index is 0.466. The van der Waals surface area contributed by atoms with Crippen LogP contribution < -0.4 is 16.4 Å². The van der Waals surface area contributed by atoms with Gasteiger partial charge in [0.05, 0.1) is 0 Å². The van der Waals surface area contributed by atoms with Crippen LogP contribution in [0.15, 0.2) is 30.6 Å². The number of halogens is 1. The fourth-order valence-corrected chi connectivity index (χ4v) is 2.94. The van der Waals surface area contributed by atoms with Crippen LogP contribution in [0.1, 0.15) is 31.2 Å². The van der Waals surface area contributed by atoms with Crippen molar-refractivity contribution >= 4 is 28.9 Å². The van der Waals surface area contributed by atoms with Crippen molar-refractivity contribution in [2.75, 3.05) is 16.4 Å². The fourth-order valence-electron chi connectivity index (χ4n) is 2.74. The highest BCUT2D eigenvalue weighted by Crippen LogP contribution is 2.28. The average molecular weight is 318 g/mol. The maximum atomic E-state index is 6.18. The number of nitrogens with zero attached hydrogens (tertiary/aromatic N) is 2. The fraction of sp³-hybridized carbons (Fsp3) is 0.375. The van der Waals surface area contributed by atoms with Crippen molar-refractivity contribution in [2.24, 2.45) is 0 Å². The molecule has 0 radical (unpaired) electrons. The van der Waals surface area contributed by atoms with E-state index in [9.17, 15) is 0 Å². The minimum Gasteiger partial charge on any atom is -0.393 e. The Morgan fingerprint density at radius 1 is 1.14 bits per heavy atom. The molecule has 1 aromatic heterocycles. The largest absolute Gasteiger partial charge is 0.393 e. The predicted octanol–water partition coefficient (Wildman–Crippen LogP) is 3.68. The van der Waals surface area contributed by atoms with Gasteiger partial charge >= 0.3 is 0 Å². The molecular weight excluding hydrogens is 298 g/mol. The van der Waals surface area contributed by atoms with Crippen LogP contribution in [0.3, 0.4) is 0 Å². The molecule has 1 aromatic carbocycles. The first-order chi connectivity index (χ1) is 10.7. The van der Waals surface area contributed by atoms with Gasteiger partial charge in [0.15, 0.2) is 11.6 Å². The molecule has 0 spiro atoms. The van der Waals surface area contributed by atoms with Gasteiger partial charge in [-0.3, -0.25) is 0 Å². The Labute approximate surface area is 135 Å². The number of hydrogen-bond donors (Lipinski definition) is 3. The molecule has 1 saturated carbocycles. The molecule has 2 aromatic rings. The zero-order valence-electron chi connectivity index (χ0n) is 12.3. The SMILES string of the molecule is Nc1c(NCc2ccccc2Cl)ncnc1NC1CCCC1. The second-order valence-corrected chi connectivity index (χ2v) is 5.96. The van der Waals surface area contributed by atoms with Gasteiger partial charge in [-0.2, -0.15) is 0 Å². The molecule has 0 bridgehead atoms. The molecule has 0 atom stereocenters. The second kappa shape index (κ2) is 6.83. The molecule has 22 heavy (non-hydrogen) atoms. The molecule has 0 unspecified atom stereocenters. The van der Waals surface area contributed by atoms with Crippen molar-refractivity contribution in [3.8, 4) is 0 Å². The van der Waals surface area contributed by atoms with E-state index in [1.807, 2.05) is 24.3 Å². The number of aromatic nitrogens is 2. The van der Waals surface area contributed by atoms with E-state index < -0.39 is 0 Å². The van der Waals surface area contributed by atoms with Crippen LogP contribution >= 0.6 is 11.6 Å². The Hall–Kier alpha value is -2.01. The molecule has 0 aliphatic heterocycles. The summed E-state index contributed by atoms with van der Waals surface area (Å²) in [5.41, 5.74) is 7.74. The maximum absolute atomic E-state index is 6.18. The van der Waals surface area contributed by atoms with Gasteiger partial charge in [0.1, 0.15) is 12.0 Å². The number of benzene rings is 1. The third kappa shape index (κ3) is 3.42. The van der Waals surface area contributed by atoms with Gasteiger partial charge in [0.25, 0.3) is 0 Å². The first-order valence-electron chi connectivity index (χ1n) is 7.58. The highest BCUT2D eigenvalue weighted by atomic mass is 35.5. The number of nitrogens with two attached hydrogens (primary N) is 1. The van der Waals surface area contributed by atoms with E-state index >= 15 is 0 Å². The zero-order chi connectivity index (χ0) is 15.4. The lowest BCUT2D eigenvalue weighted by molar-refractivity contribution is 0.750. The average Bonchev–Trinajstić information content (AvgIpc) is 3.03. The Morgan fingerprint density at radius 2 is 1.86 bits per heavy atom. The number of anilines is 3. The lowest BCUT2D eigenvalue weighted by Crippen LogP contribution is -2.18. The molecule has 1 aliphatic carbocycles. The second-order valence-electron chi connectivity index (χ2n) is 5.56. The first-order valence-corrected chi connectivity index (χ1v) is 7.96. The van der Waals surface area contributed by atoms with Crippen LogP contribution in [-0.4, -0.2) is 16.0 Å². The van der Waals surface area contributed by atoms with Gasteiger partial charge < -0.3 is 16.4 Å². The molecule has 6 heteroatoms. The molecule has 1 fully saturated rings. The van der Waals surface area contributed by atoms with Crippen LogP contribution in [0.25, 0.3) is 0 Å². The van der Waals surface area contributed by atoms with E-state index in [4.69, 9.17) is 17.3 Å². The summed E-state index contributed by atoms with van der Waals surface area (Å²) in [4.78, 5) is 8.49. The number of nitrogens with one attached hydrogen (secondary N) is 2. The van der Waals surface area contributed by atoms with E-state index in [0.29, 0.717) is 29.9 Å².